The molecule has 0 saturated heterocycles. The number of anilines is 1. The minimum Gasteiger partial charge on any atom is -0.350 e. The molecule has 0 unspecified atom stereocenters. The van der Waals surface area contributed by atoms with E-state index >= 15 is 0 Å². The maximum atomic E-state index is 13.7. The number of carbonyl (C=O) groups is 2. The number of nitrogens with zero attached hydrogens (tertiary/aromatic N) is 5. The van der Waals surface area contributed by atoms with Gasteiger partial charge in [0.25, 0.3) is 5.91 Å². The van der Waals surface area contributed by atoms with Crippen molar-refractivity contribution in [2.24, 2.45) is 5.92 Å². The Bertz CT molecular complexity index is 1220. The summed E-state index contributed by atoms with van der Waals surface area (Å²) in [6.45, 7) is 3.97. The van der Waals surface area contributed by atoms with Gasteiger partial charge in [0.2, 0.25) is 11.0 Å². The summed E-state index contributed by atoms with van der Waals surface area (Å²) in [4.78, 5) is 27.7. The third-order valence-electron chi connectivity index (χ3n) is 6.24. The van der Waals surface area contributed by atoms with Crippen LogP contribution in [0.2, 0.25) is 0 Å². The highest BCUT2D eigenvalue weighted by Crippen LogP contribution is 2.32. The first-order valence-corrected chi connectivity index (χ1v) is 13.1. The lowest BCUT2D eigenvalue weighted by atomic mass is 9.88. The number of aromatic nitrogens is 4. The van der Waals surface area contributed by atoms with Gasteiger partial charge in [0.1, 0.15) is 5.01 Å². The zero-order chi connectivity index (χ0) is 26.6. The van der Waals surface area contributed by atoms with E-state index in [4.69, 9.17) is 0 Å². The second kappa shape index (κ2) is 11.4. The van der Waals surface area contributed by atoms with Gasteiger partial charge in [0.15, 0.2) is 5.69 Å². The van der Waals surface area contributed by atoms with E-state index in [-0.39, 0.29) is 30.8 Å². The molecule has 2 heterocycles. The summed E-state index contributed by atoms with van der Waals surface area (Å²) in [6.07, 6.45) is 0.859. The fourth-order valence-corrected chi connectivity index (χ4v) is 5.16. The monoisotopic (exact) mass is 534 g/mol. The van der Waals surface area contributed by atoms with E-state index in [1.165, 1.54) is 16.2 Å². The van der Waals surface area contributed by atoms with Gasteiger partial charge in [-0.2, -0.15) is 18.3 Å². The minimum absolute atomic E-state index is 0.0539. The highest BCUT2D eigenvalue weighted by atomic mass is 32.1. The number of alkyl halides is 3. The van der Waals surface area contributed by atoms with Crippen molar-refractivity contribution in [3.63, 3.8) is 0 Å². The summed E-state index contributed by atoms with van der Waals surface area (Å²) in [7, 11) is 0. The Morgan fingerprint density at radius 2 is 1.84 bits per heavy atom. The first-order valence-electron chi connectivity index (χ1n) is 12.3. The van der Waals surface area contributed by atoms with Crippen molar-refractivity contribution in [2.75, 3.05) is 18.0 Å². The van der Waals surface area contributed by atoms with E-state index in [0.717, 1.165) is 48.0 Å². The van der Waals surface area contributed by atoms with Crippen LogP contribution in [0.25, 0.3) is 5.69 Å². The van der Waals surface area contributed by atoms with E-state index in [1.54, 1.807) is 30.3 Å². The SMILES string of the molecule is CC(C)c1nnc(N(CCNC(=O)c2cn(-c3ccccc3)nc2C(F)(F)F)C(=O)C2CCCCC2)s1. The van der Waals surface area contributed by atoms with Crippen LogP contribution in [0.5, 0.6) is 0 Å². The smallest absolute Gasteiger partial charge is 0.350 e. The number of nitrogens with one attached hydrogen (secondary N) is 1. The first-order chi connectivity index (χ1) is 17.6. The van der Waals surface area contributed by atoms with Crippen LogP contribution in [-0.4, -0.2) is 44.9 Å². The molecule has 0 radical (unpaired) electrons. The normalized spacial score (nSPS) is 14.6. The molecule has 1 aliphatic rings. The molecule has 0 atom stereocenters. The molecule has 0 bridgehead atoms. The number of rotatable bonds is 8. The second-order valence-electron chi connectivity index (χ2n) is 9.33. The molecule has 8 nitrogen and oxygen atoms in total. The molecule has 0 aliphatic heterocycles. The Kier molecular flexibility index (Phi) is 8.25. The second-order valence-corrected chi connectivity index (χ2v) is 10.3. The first kappa shape index (κ1) is 26.8. The van der Waals surface area contributed by atoms with E-state index in [9.17, 15) is 22.8 Å². The van der Waals surface area contributed by atoms with Crippen molar-refractivity contribution in [1.29, 1.82) is 0 Å². The predicted molar refractivity (Wildman–Crippen MR) is 134 cm³/mol. The van der Waals surface area contributed by atoms with Gasteiger partial charge in [-0.1, -0.05) is 62.6 Å². The summed E-state index contributed by atoms with van der Waals surface area (Å²) in [5, 5.41) is 15.7. The molecule has 2 amide bonds. The standard InChI is InChI=1S/C25H29F3N6O2S/c1-16(2)22-30-31-24(37-22)33(23(36)17-9-5-3-6-10-17)14-13-29-21(35)19-15-34(18-11-7-4-8-12-18)32-20(19)25(26,27)28/h4,7-8,11-12,15-17H,3,5-6,9-10,13-14H2,1-2H3,(H,29,35). The molecule has 1 aromatic carbocycles. The lowest BCUT2D eigenvalue weighted by Crippen LogP contribution is -2.42. The van der Waals surface area contributed by atoms with Crippen LogP contribution < -0.4 is 10.2 Å². The molecule has 1 saturated carbocycles. The molecule has 4 rings (SSSR count). The van der Waals surface area contributed by atoms with Crippen molar-refractivity contribution in [3.8, 4) is 5.69 Å². The number of benzene rings is 1. The number of amides is 2. The molecule has 37 heavy (non-hydrogen) atoms. The van der Waals surface area contributed by atoms with Gasteiger partial charge in [-0.25, -0.2) is 4.68 Å². The zero-order valence-corrected chi connectivity index (χ0v) is 21.5. The van der Waals surface area contributed by atoms with Crippen molar-refractivity contribution in [3.05, 3.63) is 52.8 Å². The maximum absolute atomic E-state index is 13.7. The van der Waals surface area contributed by atoms with E-state index in [1.807, 2.05) is 13.8 Å². The number of hydrogen-bond donors (Lipinski definition) is 1. The molecule has 1 fully saturated rings. The molecule has 12 heteroatoms. The Hall–Kier alpha value is -3.28. The van der Waals surface area contributed by atoms with Crippen LogP contribution in [0.4, 0.5) is 18.3 Å². The molecule has 2 aromatic heterocycles. The Morgan fingerprint density at radius 3 is 2.46 bits per heavy atom. The third kappa shape index (κ3) is 6.35. The quantitative estimate of drug-likeness (QED) is 0.428. The van der Waals surface area contributed by atoms with Gasteiger partial charge < -0.3 is 5.32 Å². The third-order valence-corrected chi connectivity index (χ3v) is 7.49. The van der Waals surface area contributed by atoms with Gasteiger partial charge in [0, 0.05) is 31.1 Å². The number of carbonyl (C=O) groups excluding carboxylic acids is 2. The molecule has 1 aliphatic carbocycles. The fraction of sp³-hybridized carbons (Fsp3) is 0.480. The van der Waals surface area contributed by atoms with E-state index in [0.29, 0.717) is 10.8 Å². The summed E-state index contributed by atoms with van der Waals surface area (Å²) < 4.78 is 42.0. The number of hydrogen-bond acceptors (Lipinski definition) is 6. The van der Waals surface area contributed by atoms with Crippen LogP contribution in [0.3, 0.4) is 0 Å². The topological polar surface area (TPSA) is 93.0 Å². The van der Waals surface area contributed by atoms with Crippen molar-refractivity contribution < 1.29 is 22.8 Å². The summed E-state index contributed by atoms with van der Waals surface area (Å²) in [5.41, 5.74) is -1.46. The summed E-state index contributed by atoms with van der Waals surface area (Å²) in [5.74, 6) is -1.01. The van der Waals surface area contributed by atoms with E-state index in [2.05, 4.69) is 20.6 Å². The lowest BCUT2D eigenvalue weighted by molar-refractivity contribution is -0.141. The maximum Gasteiger partial charge on any atom is 0.435 e. The van der Waals surface area contributed by atoms with Crippen LogP contribution in [0.1, 0.15) is 72.9 Å². The highest BCUT2D eigenvalue weighted by molar-refractivity contribution is 7.15. The van der Waals surface area contributed by atoms with Gasteiger partial charge in [-0.15, -0.1) is 10.2 Å². The van der Waals surface area contributed by atoms with Crippen LogP contribution >= 0.6 is 11.3 Å². The Balaban J connectivity index is 1.51. The average molecular weight is 535 g/mol. The number of halogens is 3. The van der Waals surface area contributed by atoms with Gasteiger partial charge in [-0.3, -0.25) is 14.5 Å². The Morgan fingerprint density at radius 1 is 1.14 bits per heavy atom. The van der Waals surface area contributed by atoms with Gasteiger partial charge >= 0.3 is 6.18 Å². The molecular formula is C25H29F3N6O2S. The summed E-state index contributed by atoms with van der Waals surface area (Å²) >= 11 is 1.31. The van der Waals surface area contributed by atoms with Crippen LogP contribution in [0, 0.1) is 5.92 Å². The van der Waals surface area contributed by atoms with Crippen LogP contribution in [0.15, 0.2) is 36.5 Å². The highest BCUT2D eigenvalue weighted by Gasteiger charge is 2.39. The molecule has 0 spiro atoms. The van der Waals surface area contributed by atoms with Gasteiger partial charge in [0.05, 0.1) is 11.3 Å². The molecular weight excluding hydrogens is 505 g/mol. The minimum atomic E-state index is -4.81. The average Bonchev–Trinajstić information content (AvgIpc) is 3.56. The number of para-hydroxylation sites is 1. The fourth-order valence-electron chi connectivity index (χ4n) is 4.28. The molecule has 198 valence electrons. The van der Waals surface area contributed by atoms with Crippen molar-refractivity contribution in [2.45, 2.75) is 58.0 Å². The summed E-state index contributed by atoms with van der Waals surface area (Å²) in [6, 6.07) is 8.25. The van der Waals surface area contributed by atoms with Gasteiger partial charge in [-0.05, 0) is 25.0 Å². The Labute approximate surface area is 216 Å². The van der Waals surface area contributed by atoms with E-state index < -0.39 is 23.3 Å². The molecule has 1 N–H and O–H groups in total. The van der Waals surface area contributed by atoms with Crippen LogP contribution in [-0.2, 0) is 11.0 Å². The lowest BCUT2D eigenvalue weighted by Gasteiger charge is -2.27. The predicted octanol–water partition coefficient (Wildman–Crippen LogP) is 5.21. The largest absolute Gasteiger partial charge is 0.435 e. The van der Waals surface area contributed by atoms with Crippen molar-refractivity contribution >= 4 is 28.3 Å². The van der Waals surface area contributed by atoms with Crippen molar-refractivity contribution in [1.82, 2.24) is 25.3 Å². The molecule has 3 aromatic rings. The zero-order valence-electron chi connectivity index (χ0n) is 20.7.